The number of carbonyl (C=O) groups excluding carboxylic acids is 1. The van der Waals surface area contributed by atoms with Crippen LogP contribution in [0.5, 0.6) is 5.75 Å². The van der Waals surface area contributed by atoms with Crippen molar-refractivity contribution >= 4 is 5.91 Å². The molecule has 0 radical (unpaired) electrons. The third-order valence-electron chi connectivity index (χ3n) is 3.90. The van der Waals surface area contributed by atoms with Crippen LogP contribution in [0, 0.1) is 0 Å². The molecule has 2 rings (SSSR count). The van der Waals surface area contributed by atoms with Crippen molar-refractivity contribution in [2.24, 2.45) is 0 Å². The van der Waals surface area contributed by atoms with Crippen molar-refractivity contribution in [1.82, 2.24) is 10.2 Å². The molecule has 25 heavy (non-hydrogen) atoms. The Morgan fingerprint density at radius 1 is 1.20 bits per heavy atom. The summed E-state index contributed by atoms with van der Waals surface area (Å²) in [7, 11) is 0. The molecular weight excluding hydrogens is 347 g/mol. The van der Waals surface area contributed by atoms with Crippen LogP contribution in [0.4, 0.5) is 22.0 Å². The first-order valence-electron chi connectivity index (χ1n) is 7.84. The first-order valence-corrected chi connectivity index (χ1v) is 7.84. The van der Waals surface area contributed by atoms with E-state index in [1.165, 1.54) is 0 Å². The minimum atomic E-state index is -4.42. The van der Waals surface area contributed by atoms with E-state index >= 15 is 0 Å². The van der Waals surface area contributed by atoms with E-state index in [0.717, 1.165) is 24.3 Å². The SMILES string of the molecule is O=C(COc1ccc(C(F)(F)F)cc1)NC1CCN(CC(F)F)CC1. The molecule has 0 spiro atoms. The van der Waals surface area contributed by atoms with Crippen LogP contribution in [0.1, 0.15) is 18.4 Å². The predicted molar refractivity (Wildman–Crippen MR) is 80.5 cm³/mol. The minimum absolute atomic E-state index is 0.113. The zero-order valence-corrected chi connectivity index (χ0v) is 13.4. The zero-order valence-electron chi connectivity index (χ0n) is 13.4. The van der Waals surface area contributed by atoms with Crippen LogP contribution >= 0.6 is 0 Å². The number of ether oxygens (including phenoxy) is 1. The van der Waals surface area contributed by atoms with Crippen LogP contribution < -0.4 is 10.1 Å². The summed E-state index contributed by atoms with van der Waals surface area (Å²) in [5.74, 6) is -0.234. The Labute approximate surface area is 141 Å². The highest BCUT2D eigenvalue weighted by Gasteiger charge is 2.30. The Morgan fingerprint density at radius 2 is 1.80 bits per heavy atom. The summed E-state index contributed by atoms with van der Waals surface area (Å²) in [5.41, 5.74) is -0.792. The summed E-state index contributed by atoms with van der Waals surface area (Å²) in [6.07, 6.45) is -5.66. The molecule has 1 heterocycles. The maximum atomic E-state index is 12.4. The molecule has 1 N–H and O–H groups in total. The molecule has 1 fully saturated rings. The molecule has 4 nitrogen and oxygen atoms in total. The molecule has 0 atom stereocenters. The number of nitrogens with zero attached hydrogens (tertiary/aromatic N) is 1. The first kappa shape index (κ1) is 19.4. The van der Waals surface area contributed by atoms with E-state index in [9.17, 15) is 26.7 Å². The molecular formula is C16H19F5N2O2. The van der Waals surface area contributed by atoms with E-state index in [1.807, 2.05) is 0 Å². The normalized spacial score (nSPS) is 16.9. The van der Waals surface area contributed by atoms with Gasteiger partial charge < -0.3 is 10.1 Å². The lowest BCUT2D eigenvalue weighted by Gasteiger charge is -2.31. The van der Waals surface area contributed by atoms with Gasteiger partial charge in [0.2, 0.25) is 0 Å². The highest BCUT2D eigenvalue weighted by Crippen LogP contribution is 2.30. The number of hydrogen-bond donors (Lipinski definition) is 1. The van der Waals surface area contributed by atoms with Crippen molar-refractivity contribution in [3.05, 3.63) is 29.8 Å². The van der Waals surface area contributed by atoms with Crippen LogP contribution in [-0.2, 0) is 11.0 Å². The Morgan fingerprint density at radius 3 is 2.32 bits per heavy atom. The molecule has 1 amide bonds. The zero-order chi connectivity index (χ0) is 18.4. The van der Waals surface area contributed by atoms with E-state index in [1.54, 1.807) is 4.90 Å². The Hall–Kier alpha value is -1.90. The van der Waals surface area contributed by atoms with Crippen molar-refractivity contribution in [3.63, 3.8) is 0 Å². The maximum absolute atomic E-state index is 12.4. The molecule has 9 heteroatoms. The monoisotopic (exact) mass is 366 g/mol. The van der Waals surface area contributed by atoms with Crippen LogP contribution in [0.3, 0.4) is 0 Å². The largest absolute Gasteiger partial charge is 0.484 e. The molecule has 0 aliphatic carbocycles. The number of likely N-dealkylation sites (tertiary alicyclic amines) is 1. The third-order valence-corrected chi connectivity index (χ3v) is 3.90. The number of benzene rings is 1. The highest BCUT2D eigenvalue weighted by molar-refractivity contribution is 5.77. The van der Waals surface area contributed by atoms with Gasteiger partial charge in [0.25, 0.3) is 12.3 Å². The average molecular weight is 366 g/mol. The standard InChI is InChI=1S/C16H19F5N2O2/c17-14(18)9-23-7-5-12(6-8-23)22-15(24)10-25-13-3-1-11(2-4-13)16(19,20)21/h1-4,12,14H,5-10H2,(H,22,24). The Balaban J connectivity index is 1.71. The van der Waals surface area contributed by atoms with Crippen LogP contribution in [0.15, 0.2) is 24.3 Å². The second-order valence-electron chi connectivity index (χ2n) is 5.84. The summed E-state index contributed by atoms with van der Waals surface area (Å²) < 4.78 is 67.1. The van der Waals surface area contributed by atoms with Crippen molar-refractivity contribution in [3.8, 4) is 5.75 Å². The number of amides is 1. The average Bonchev–Trinajstić information content (AvgIpc) is 2.54. The quantitative estimate of drug-likeness (QED) is 0.788. The van der Waals surface area contributed by atoms with Crippen LogP contribution in [-0.4, -0.2) is 49.5 Å². The smallest absolute Gasteiger partial charge is 0.416 e. The molecule has 140 valence electrons. The van der Waals surface area contributed by atoms with E-state index in [-0.39, 0.29) is 24.9 Å². The minimum Gasteiger partial charge on any atom is -0.484 e. The second-order valence-corrected chi connectivity index (χ2v) is 5.84. The van der Waals surface area contributed by atoms with E-state index in [2.05, 4.69) is 5.32 Å². The number of nitrogens with one attached hydrogen (secondary N) is 1. The topological polar surface area (TPSA) is 41.6 Å². The van der Waals surface area contributed by atoms with E-state index < -0.39 is 24.1 Å². The van der Waals surface area contributed by atoms with Crippen LogP contribution in [0.2, 0.25) is 0 Å². The second kappa shape index (κ2) is 8.46. The lowest BCUT2D eigenvalue weighted by Crippen LogP contribution is -2.46. The lowest BCUT2D eigenvalue weighted by molar-refractivity contribution is -0.137. The fraction of sp³-hybridized carbons (Fsp3) is 0.562. The molecule has 1 aliphatic heterocycles. The fourth-order valence-corrected chi connectivity index (χ4v) is 2.61. The Bertz CT molecular complexity index is 555. The van der Waals surface area contributed by atoms with Gasteiger partial charge >= 0.3 is 6.18 Å². The number of hydrogen-bond acceptors (Lipinski definition) is 3. The molecule has 0 bridgehead atoms. The molecule has 1 aliphatic rings. The van der Waals surface area contributed by atoms with Gasteiger partial charge in [-0.3, -0.25) is 9.69 Å². The molecule has 1 aromatic carbocycles. The van der Waals surface area contributed by atoms with Crippen molar-refractivity contribution < 1.29 is 31.5 Å². The van der Waals surface area contributed by atoms with Gasteiger partial charge in [0.15, 0.2) is 6.61 Å². The third kappa shape index (κ3) is 6.49. The lowest BCUT2D eigenvalue weighted by atomic mass is 10.1. The van der Waals surface area contributed by atoms with Gasteiger partial charge in [-0.05, 0) is 37.1 Å². The van der Waals surface area contributed by atoms with Gasteiger partial charge in [-0.15, -0.1) is 0 Å². The number of halogens is 5. The summed E-state index contributed by atoms with van der Waals surface area (Å²) in [6, 6.07) is 3.95. The van der Waals surface area contributed by atoms with Crippen LogP contribution in [0.25, 0.3) is 0 Å². The van der Waals surface area contributed by atoms with Crippen molar-refractivity contribution in [2.45, 2.75) is 31.5 Å². The number of piperidine rings is 1. The molecule has 1 aromatic rings. The Kier molecular flexibility index (Phi) is 6.57. The van der Waals surface area contributed by atoms with E-state index in [0.29, 0.717) is 25.9 Å². The van der Waals surface area contributed by atoms with Gasteiger partial charge in [-0.2, -0.15) is 13.2 Å². The summed E-state index contributed by atoms with van der Waals surface area (Å²) in [4.78, 5) is 13.5. The summed E-state index contributed by atoms with van der Waals surface area (Å²) in [5, 5.41) is 2.74. The molecule has 0 unspecified atom stereocenters. The number of alkyl halides is 5. The summed E-state index contributed by atoms with van der Waals surface area (Å²) >= 11 is 0. The van der Waals surface area contributed by atoms with Gasteiger partial charge in [0.1, 0.15) is 5.75 Å². The number of rotatable bonds is 6. The van der Waals surface area contributed by atoms with Gasteiger partial charge in [0, 0.05) is 19.1 Å². The molecule has 0 saturated carbocycles. The highest BCUT2D eigenvalue weighted by atomic mass is 19.4. The predicted octanol–water partition coefficient (Wildman–Crippen LogP) is 2.93. The summed E-state index contributed by atoms with van der Waals surface area (Å²) in [6.45, 7) is 0.379. The maximum Gasteiger partial charge on any atom is 0.416 e. The van der Waals surface area contributed by atoms with Crippen molar-refractivity contribution in [2.75, 3.05) is 26.2 Å². The van der Waals surface area contributed by atoms with E-state index in [4.69, 9.17) is 4.74 Å². The fourth-order valence-electron chi connectivity index (χ4n) is 2.61. The van der Waals surface area contributed by atoms with Gasteiger partial charge in [-0.25, -0.2) is 8.78 Å². The molecule has 1 saturated heterocycles. The molecule has 0 aromatic heterocycles. The van der Waals surface area contributed by atoms with Crippen molar-refractivity contribution in [1.29, 1.82) is 0 Å². The first-order chi connectivity index (χ1) is 11.7. The number of carbonyl (C=O) groups is 1. The van der Waals surface area contributed by atoms with Gasteiger partial charge in [-0.1, -0.05) is 0 Å². The van der Waals surface area contributed by atoms with Gasteiger partial charge in [0.05, 0.1) is 12.1 Å².